The normalized spacial score (nSPS) is 12.1. The lowest BCUT2D eigenvalue weighted by Gasteiger charge is -2.21. The van der Waals surface area contributed by atoms with Crippen molar-refractivity contribution in [1.82, 2.24) is 10.3 Å². The SMILES string of the molecule is Cc1ccc(C(Nc2nc(-c3ccc(C(F)(F)F)cc3)cs2)c2ccc(C(=O)NCCC(=O)O)cc2)cc1C. The van der Waals surface area contributed by atoms with Gasteiger partial charge < -0.3 is 15.7 Å². The zero-order valence-corrected chi connectivity index (χ0v) is 22.0. The molecule has 0 aliphatic heterocycles. The van der Waals surface area contributed by atoms with Crippen molar-refractivity contribution in [2.45, 2.75) is 32.5 Å². The third kappa shape index (κ3) is 7.02. The second kappa shape index (κ2) is 11.7. The topological polar surface area (TPSA) is 91.3 Å². The van der Waals surface area contributed by atoms with Gasteiger partial charge in [-0.3, -0.25) is 9.59 Å². The van der Waals surface area contributed by atoms with Gasteiger partial charge in [-0.15, -0.1) is 11.3 Å². The Hall–Kier alpha value is -4.18. The van der Waals surface area contributed by atoms with E-state index in [-0.39, 0.29) is 24.9 Å². The fourth-order valence-electron chi connectivity index (χ4n) is 3.94. The molecule has 3 N–H and O–H groups in total. The molecule has 0 aliphatic carbocycles. The number of carbonyl (C=O) groups excluding carboxylic acids is 1. The number of nitrogens with one attached hydrogen (secondary N) is 2. The number of anilines is 1. The molecule has 202 valence electrons. The molecule has 1 amide bonds. The monoisotopic (exact) mass is 553 g/mol. The van der Waals surface area contributed by atoms with Crippen molar-refractivity contribution in [1.29, 1.82) is 0 Å². The number of thiazole rings is 1. The number of amides is 1. The smallest absolute Gasteiger partial charge is 0.416 e. The highest BCUT2D eigenvalue weighted by molar-refractivity contribution is 7.14. The Labute approximate surface area is 227 Å². The first kappa shape index (κ1) is 27.8. The number of aryl methyl sites for hydroxylation is 2. The second-order valence-electron chi connectivity index (χ2n) is 9.06. The van der Waals surface area contributed by atoms with E-state index >= 15 is 0 Å². The van der Waals surface area contributed by atoms with Gasteiger partial charge in [-0.25, -0.2) is 4.98 Å². The van der Waals surface area contributed by atoms with Crippen molar-refractivity contribution in [3.05, 3.63) is 105 Å². The molecule has 0 aliphatic rings. The van der Waals surface area contributed by atoms with E-state index < -0.39 is 17.7 Å². The molecule has 0 spiro atoms. The molecule has 1 heterocycles. The molecule has 6 nitrogen and oxygen atoms in total. The molecule has 39 heavy (non-hydrogen) atoms. The van der Waals surface area contributed by atoms with E-state index in [2.05, 4.69) is 21.7 Å². The van der Waals surface area contributed by atoms with Gasteiger partial charge in [-0.2, -0.15) is 13.2 Å². The number of hydrogen-bond donors (Lipinski definition) is 3. The molecular formula is C29H26F3N3O3S. The van der Waals surface area contributed by atoms with Gasteiger partial charge in [0.25, 0.3) is 5.91 Å². The van der Waals surface area contributed by atoms with E-state index in [0.717, 1.165) is 34.4 Å². The highest BCUT2D eigenvalue weighted by Crippen LogP contribution is 2.34. The fraction of sp³-hybridized carbons (Fsp3) is 0.207. The van der Waals surface area contributed by atoms with Crippen LogP contribution in [0.25, 0.3) is 11.3 Å². The predicted octanol–water partition coefficient (Wildman–Crippen LogP) is 6.85. The fourth-order valence-corrected chi connectivity index (χ4v) is 4.69. The summed E-state index contributed by atoms with van der Waals surface area (Å²) in [6, 6.07) is 17.7. The average molecular weight is 554 g/mol. The van der Waals surface area contributed by atoms with E-state index in [4.69, 9.17) is 5.11 Å². The summed E-state index contributed by atoms with van der Waals surface area (Å²) in [5.41, 5.74) is 4.92. The molecule has 0 saturated carbocycles. The molecule has 10 heteroatoms. The number of aliphatic carboxylic acids is 1. The number of halogens is 3. The van der Waals surface area contributed by atoms with Crippen LogP contribution in [0.5, 0.6) is 0 Å². The number of nitrogens with zero attached hydrogens (tertiary/aromatic N) is 1. The van der Waals surface area contributed by atoms with Gasteiger partial charge in [-0.05, 0) is 60.4 Å². The highest BCUT2D eigenvalue weighted by Gasteiger charge is 2.30. The molecule has 1 unspecified atom stereocenters. The highest BCUT2D eigenvalue weighted by atomic mass is 32.1. The Morgan fingerprint density at radius 2 is 1.62 bits per heavy atom. The van der Waals surface area contributed by atoms with Gasteiger partial charge in [0, 0.05) is 23.1 Å². The number of benzene rings is 3. The number of carboxylic acids is 1. The van der Waals surface area contributed by atoms with Crippen LogP contribution in [0.1, 0.15) is 50.6 Å². The Morgan fingerprint density at radius 1 is 0.949 bits per heavy atom. The van der Waals surface area contributed by atoms with Gasteiger partial charge >= 0.3 is 12.1 Å². The number of carboxylic acid groups (broad SMARTS) is 1. The molecule has 1 aromatic heterocycles. The van der Waals surface area contributed by atoms with Crippen molar-refractivity contribution in [3.8, 4) is 11.3 Å². The van der Waals surface area contributed by atoms with E-state index in [1.807, 2.05) is 38.1 Å². The minimum Gasteiger partial charge on any atom is -0.481 e. The van der Waals surface area contributed by atoms with Crippen LogP contribution in [-0.2, 0) is 11.0 Å². The maximum Gasteiger partial charge on any atom is 0.416 e. The lowest BCUT2D eigenvalue weighted by Crippen LogP contribution is -2.26. The standard InChI is InChI=1S/C29H26F3N3O3S/c1-17-3-4-22(15-18(17)2)26(20-5-7-21(8-6-20)27(38)33-14-13-25(36)37)35-28-34-24(16-39-28)19-9-11-23(12-10-19)29(30,31)32/h3-12,15-16,26H,13-14H2,1-2H3,(H,33,38)(H,34,35)(H,36,37). The number of alkyl halides is 3. The first-order chi connectivity index (χ1) is 18.5. The van der Waals surface area contributed by atoms with Gasteiger partial charge in [-0.1, -0.05) is 42.5 Å². The summed E-state index contributed by atoms with van der Waals surface area (Å²) < 4.78 is 38.8. The largest absolute Gasteiger partial charge is 0.481 e. The van der Waals surface area contributed by atoms with E-state index in [9.17, 15) is 22.8 Å². The first-order valence-electron chi connectivity index (χ1n) is 12.1. The summed E-state index contributed by atoms with van der Waals surface area (Å²) >= 11 is 1.34. The van der Waals surface area contributed by atoms with Crippen molar-refractivity contribution < 1.29 is 27.9 Å². The Morgan fingerprint density at radius 3 is 2.23 bits per heavy atom. The first-order valence-corrected chi connectivity index (χ1v) is 13.0. The zero-order valence-electron chi connectivity index (χ0n) is 21.2. The van der Waals surface area contributed by atoms with E-state index in [1.54, 1.807) is 17.5 Å². The Kier molecular flexibility index (Phi) is 8.35. The summed E-state index contributed by atoms with van der Waals surface area (Å²) in [6.45, 7) is 4.08. The van der Waals surface area contributed by atoms with Crippen molar-refractivity contribution in [2.24, 2.45) is 0 Å². The number of rotatable bonds is 9. The molecule has 0 fully saturated rings. The lowest BCUT2D eigenvalue weighted by atomic mass is 9.95. The summed E-state index contributed by atoms with van der Waals surface area (Å²) in [4.78, 5) is 27.7. The van der Waals surface area contributed by atoms with Crippen molar-refractivity contribution >= 4 is 28.3 Å². The summed E-state index contributed by atoms with van der Waals surface area (Å²) in [5.74, 6) is -1.35. The number of hydrogen-bond acceptors (Lipinski definition) is 5. The summed E-state index contributed by atoms with van der Waals surface area (Å²) in [6.07, 6.45) is -4.56. The second-order valence-corrected chi connectivity index (χ2v) is 9.91. The third-order valence-corrected chi connectivity index (χ3v) is 7.05. The lowest BCUT2D eigenvalue weighted by molar-refractivity contribution is -0.138. The molecule has 0 bridgehead atoms. The molecule has 3 aromatic carbocycles. The maximum atomic E-state index is 12.9. The third-order valence-electron chi connectivity index (χ3n) is 6.27. The van der Waals surface area contributed by atoms with Crippen molar-refractivity contribution in [2.75, 3.05) is 11.9 Å². The minimum absolute atomic E-state index is 0.0358. The molecule has 4 aromatic rings. The van der Waals surface area contributed by atoms with Crippen LogP contribution >= 0.6 is 11.3 Å². The Bertz CT molecular complexity index is 1470. The van der Waals surface area contributed by atoms with Crippen LogP contribution in [0.15, 0.2) is 72.1 Å². The molecule has 4 rings (SSSR count). The quantitative estimate of drug-likeness (QED) is 0.211. The van der Waals surface area contributed by atoms with Gasteiger partial charge in [0.05, 0.1) is 23.7 Å². The molecule has 0 radical (unpaired) electrons. The predicted molar refractivity (Wildman–Crippen MR) is 145 cm³/mol. The average Bonchev–Trinajstić information content (AvgIpc) is 3.37. The van der Waals surface area contributed by atoms with Crippen molar-refractivity contribution in [3.63, 3.8) is 0 Å². The molecule has 0 saturated heterocycles. The van der Waals surface area contributed by atoms with Crippen LogP contribution in [0, 0.1) is 13.8 Å². The number of carbonyl (C=O) groups is 2. The van der Waals surface area contributed by atoms with Crippen LogP contribution in [0.4, 0.5) is 18.3 Å². The van der Waals surface area contributed by atoms with Gasteiger partial charge in [0.2, 0.25) is 0 Å². The van der Waals surface area contributed by atoms with E-state index in [0.29, 0.717) is 22.0 Å². The van der Waals surface area contributed by atoms with Crippen LogP contribution < -0.4 is 10.6 Å². The number of aromatic nitrogens is 1. The maximum absolute atomic E-state index is 12.9. The van der Waals surface area contributed by atoms with Gasteiger partial charge in [0.15, 0.2) is 5.13 Å². The summed E-state index contributed by atoms with van der Waals surface area (Å²) in [5, 5.41) is 17.2. The summed E-state index contributed by atoms with van der Waals surface area (Å²) in [7, 11) is 0. The molecule has 1 atom stereocenters. The zero-order chi connectivity index (χ0) is 28.2. The van der Waals surface area contributed by atoms with Crippen LogP contribution in [0.2, 0.25) is 0 Å². The minimum atomic E-state index is -4.40. The van der Waals surface area contributed by atoms with Crippen LogP contribution in [-0.4, -0.2) is 28.5 Å². The Balaban J connectivity index is 1.58. The van der Waals surface area contributed by atoms with Crippen LogP contribution in [0.3, 0.4) is 0 Å². The molecular weight excluding hydrogens is 527 g/mol. The van der Waals surface area contributed by atoms with Gasteiger partial charge in [0.1, 0.15) is 0 Å². The van der Waals surface area contributed by atoms with E-state index in [1.165, 1.54) is 23.5 Å².